The summed E-state index contributed by atoms with van der Waals surface area (Å²) in [6.45, 7) is 0. The van der Waals surface area contributed by atoms with Gasteiger partial charge in [-0.25, -0.2) is 0 Å². The number of anilines is 1. The van der Waals surface area contributed by atoms with Crippen molar-refractivity contribution in [2.45, 2.75) is 0 Å². The van der Waals surface area contributed by atoms with Crippen molar-refractivity contribution in [2.24, 2.45) is 5.22 Å². The van der Waals surface area contributed by atoms with E-state index in [2.05, 4.69) is 10.1 Å². The van der Waals surface area contributed by atoms with E-state index in [9.17, 15) is 8.42 Å². The molecular formula is C6H6N4O2S. The first kappa shape index (κ1) is 9.37. The molecule has 0 fully saturated rings. The second-order valence-corrected chi connectivity index (χ2v) is 2.90. The van der Waals surface area contributed by atoms with Crippen LogP contribution in [0.4, 0.5) is 5.69 Å². The van der Waals surface area contributed by atoms with Gasteiger partial charge in [-0.05, 0) is 12.1 Å². The molecule has 1 aromatic rings. The minimum atomic E-state index is -2.93. The zero-order valence-corrected chi connectivity index (χ0v) is 7.33. The average molecular weight is 198 g/mol. The van der Waals surface area contributed by atoms with E-state index < -0.39 is 10.9 Å². The molecule has 0 bridgehead atoms. The third-order valence-electron chi connectivity index (χ3n) is 1.27. The van der Waals surface area contributed by atoms with E-state index in [0.29, 0.717) is 10.1 Å². The van der Waals surface area contributed by atoms with E-state index in [4.69, 9.17) is 5.53 Å². The van der Waals surface area contributed by atoms with Gasteiger partial charge in [-0.2, -0.15) is 13.3 Å². The van der Waals surface area contributed by atoms with Gasteiger partial charge in [0.1, 0.15) is 5.69 Å². The van der Waals surface area contributed by atoms with Gasteiger partial charge in [0.25, 0.3) is 10.9 Å². The Morgan fingerprint density at radius 1 is 1.31 bits per heavy atom. The van der Waals surface area contributed by atoms with Crippen LogP contribution in [0, 0.1) is 0 Å². The van der Waals surface area contributed by atoms with Crippen LogP contribution in [0.3, 0.4) is 0 Å². The lowest BCUT2D eigenvalue weighted by Gasteiger charge is -2.03. The van der Waals surface area contributed by atoms with Crippen molar-refractivity contribution >= 4 is 16.6 Å². The van der Waals surface area contributed by atoms with Crippen molar-refractivity contribution in [1.82, 2.24) is 0 Å². The van der Waals surface area contributed by atoms with Gasteiger partial charge in [0.2, 0.25) is 0 Å². The first-order valence-corrected chi connectivity index (χ1v) is 4.43. The quantitative estimate of drug-likeness (QED) is 0.260. The van der Waals surface area contributed by atoms with E-state index >= 15 is 0 Å². The standard InChI is InChI=1S/C6H6N4O2S/c7-8-9-10(13(11)12)6-4-2-1-3-5-6/h1-5,13H. The number of benzene rings is 1. The van der Waals surface area contributed by atoms with Crippen molar-refractivity contribution in [1.29, 1.82) is 0 Å². The molecule has 0 aliphatic rings. The predicted molar refractivity (Wildman–Crippen MR) is 48.4 cm³/mol. The topological polar surface area (TPSA) is 86.1 Å². The van der Waals surface area contributed by atoms with Crippen LogP contribution < -0.4 is 4.41 Å². The van der Waals surface area contributed by atoms with Gasteiger partial charge in [0.05, 0.1) is 0 Å². The maximum Gasteiger partial charge on any atom is 0.298 e. The Balaban J connectivity index is 3.09. The Hall–Kier alpha value is -1.72. The smallest absolute Gasteiger partial charge is 0.186 e. The number of hydrogen-bond donors (Lipinski definition) is 1. The summed E-state index contributed by atoms with van der Waals surface area (Å²) in [6, 6.07) is 8.08. The molecule has 0 aliphatic carbocycles. The predicted octanol–water partition coefficient (Wildman–Crippen LogP) is 1.24. The Labute approximate surface area is 76.1 Å². The van der Waals surface area contributed by atoms with Crippen LogP contribution in [-0.2, 0) is 10.9 Å². The summed E-state index contributed by atoms with van der Waals surface area (Å²) in [6.07, 6.45) is 0. The molecule has 0 atom stereocenters. The van der Waals surface area contributed by atoms with Crippen molar-refractivity contribution in [2.75, 3.05) is 4.41 Å². The molecule has 0 aliphatic heterocycles. The van der Waals surface area contributed by atoms with Crippen molar-refractivity contribution in [3.63, 3.8) is 0 Å². The number of rotatable bonds is 3. The fraction of sp³-hybridized carbons (Fsp3) is 0. The normalized spacial score (nSPS) is 9.31. The lowest BCUT2D eigenvalue weighted by Crippen LogP contribution is -2.11. The van der Waals surface area contributed by atoms with Crippen LogP contribution in [0.1, 0.15) is 0 Å². The van der Waals surface area contributed by atoms with Crippen LogP contribution in [-0.4, -0.2) is 8.42 Å². The molecule has 0 aromatic heterocycles. The summed E-state index contributed by atoms with van der Waals surface area (Å²) in [5.74, 6) is 0. The SMILES string of the molecule is [N-]=[N+]=NN(c1ccccc1)[SH](=O)=O. The molecule has 0 radical (unpaired) electrons. The van der Waals surface area contributed by atoms with E-state index in [-0.39, 0.29) is 0 Å². The lowest BCUT2D eigenvalue weighted by molar-refractivity contribution is 0.611. The van der Waals surface area contributed by atoms with Crippen molar-refractivity contribution < 1.29 is 8.42 Å². The van der Waals surface area contributed by atoms with E-state index in [1.54, 1.807) is 18.2 Å². The number of hydrogen-bond acceptors (Lipinski definition) is 3. The zero-order chi connectivity index (χ0) is 9.68. The van der Waals surface area contributed by atoms with Gasteiger partial charge >= 0.3 is 0 Å². The molecule has 0 N–H and O–H groups in total. The maximum absolute atomic E-state index is 10.6. The highest BCUT2D eigenvalue weighted by atomic mass is 32.2. The Morgan fingerprint density at radius 2 is 1.92 bits per heavy atom. The van der Waals surface area contributed by atoms with Gasteiger partial charge in [0.15, 0.2) is 0 Å². The number of para-hydroxylation sites is 1. The van der Waals surface area contributed by atoms with Crippen molar-refractivity contribution in [3.8, 4) is 0 Å². The largest absolute Gasteiger partial charge is 0.298 e. The highest BCUT2D eigenvalue weighted by molar-refractivity contribution is 7.74. The average Bonchev–Trinajstić information content (AvgIpc) is 2.15. The summed E-state index contributed by atoms with van der Waals surface area (Å²) in [5, 5.41) is 3.01. The molecule has 0 unspecified atom stereocenters. The molecule has 6 nitrogen and oxygen atoms in total. The molecule has 1 rings (SSSR count). The molecule has 0 saturated carbocycles. The van der Waals surface area contributed by atoms with Gasteiger partial charge < -0.3 is 0 Å². The van der Waals surface area contributed by atoms with Crippen LogP contribution in [0.5, 0.6) is 0 Å². The van der Waals surface area contributed by atoms with Crippen molar-refractivity contribution in [3.05, 3.63) is 40.8 Å². The highest BCUT2D eigenvalue weighted by Gasteiger charge is 2.08. The van der Waals surface area contributed by atoms with Gasteiger partial charge in [-0.3, -0.25) is 0 Å². The molecule has 0 amide bonds. The number of thiol groups is 1. The third kappa shape index (κ3) is 2.36. The fourth-order valence-electron chi connectivity index (χ4n) is 0.778. The van der Waals surface area contributed by atoms with Gasteiger partial charge in [-0.1, -0.05) is 18.2 Å². The molecule has 0 heterocycles. The lowest BCUT2D eigenvalue weighted by atomic mass is 10.3. The maximum atomic E-state index is 10.6. The highest BCUT2D eigenvalue weighted by Crippen LogP contribution is 2.13. The van der Waals surface area contributed by atoms with Crippen LogP contribution in [0.2, 0.25) is 0 Å². The first-order valence-electron chi connectivity index (χ1n) is 3.30. The zero-order valence-electron chi connectivity index (χ0n) is 6.44. The fourth-order valence-corrected chi connectivity index (χ4v) is 1.20. The molecule has 68 valence electrons. The number of azide groups is 1. The molecular weight excluding hydrogens is 192 g/mol. The van der Waals surface area contributed by atoms with E-state index in [1.165, 1.54) is 12.1 Å². The van der Waals surface area contributed by atoms with Crippen LogP contribution in [0.25, 0.3) is 10.4 Å². The minimum absolute atomic E-state index is 0.316. The van der Waals surface area contributed by atoms with Gasteiger partial charge in [-0.15, -0.1) is 9.95 Å². The summed E-state index contributed by atoms with van der Waals surface area (Å²) in [5.41, 5.74) is 8.41. The molecule has 13 heavy (non-hydrogen) atoms. The molecule has 7 heteroatoms. The molecule has 1 aromatic carbocycles. The van der Waals surface area contributed by atoms with Gasteiger partial charge in [0, 0.05) is 5.22 Å². The number of nitrogens with zero attached hydrogens (tertiary/aromatic N) is 4. The summed E-state index contributed by atoms with van der Waals surface area (Å²) in [7, 11) is -2.93. The minimum Gasteiger partial charge on any atom is -0.186 e. The summed E-state index contributed by atoms with van der Waals surface area (Å²) in [4.78, 5) is 2.40. The van der Waals surface area contributed by atoms with Crippen LogP contribution >= 0.6 is 0 Å². The second-order valence-electron chi connectivity index (χ2n) is 2.04. The second kappa shape index (κ2) is 4.34. The summed E-state index contributed by atoms with van der Waals surface area (Å²) < 4.78 is 21.8. The van der Waals surface area contributed by atoms with E-state index in [0.717, 1.165) is 0 Å². The molecule has 0 saturated heterocycles. The Morgan fingerprint density at radius 3 is 2.38 bits per heavy atom. The van der Waals surface area contributed by atoms with E-state index in [1.807, 2.05) is 0 Å². The molecule has 0 spiro atoms. The third-order valence-corrected chi connectivity index (χ3v) is 1.89. The Bertz CT molecular complexity index is 388. The summed E-state index contributed by atoms with van der Waals surface area (Å²) >= 11 is 0. The first-order chi connectivity index (χ1) is 6.25. The Kier molecular flexibility index (Phi) is 3.13. The van der Waals surface area contributed by atoms with Crippen LogP contribution in [0.15, 0.2) is 35.6 Å². The monoisotopic (exact) mass is 198 g/mol.